The Kier molecular flexibility index (Phi) is 4.72. The van der Waals surface area contributed by atoms with Crippen molar-refractivity contribution in [3.05, 3.63) is 53.7 Å². The van der Waals surface area contributed by atoms with Crippen LogP contribution < -0.4 is 10.6 Å². The van der Waals surface area contributed by atoms with Gasteiger partial charge in [-0.15, -0.1) is 0 Å². The minimum Gasteiger partial charge on any atom is -0.351 e. The maximum absolute atomic E-state index is 12.0. The molecule has 0 unspecified atom stereocenters. The number of rotatable bonds is 4. The lowest BCUT2D eigenvalue weighted by atomic mass is 10.0. The van der Waals surface area contributed by atoms with Crippen LogP contribution in [0.1, 0.15) is 19.4 Å². The normalized spacial score (nSPS) is 11.2. The topological polar surface area (TPSA) is 58.2 Å². The summed E-state index contributed by atoms with van der Waals surface area (Å²) in [7, 11) is 0. The van der Waals surface area contributed by atoms with Gasteiger partial charge in [-0.05, 0) is 29.3 Å². The van der Waals surface area contributed by atoms with Gasteiger partial charge in [0, 0.05) is 13.5 Å². The molecule has 2 aromatic rings. The maximum Gasteiger partial charge on any atom is 0.267 e. The molecule has 0 atom stereocenters. The number of carbonyl (C=O) groups is 2. The van der Waals surface area contributed by atoms with Gasteiger partial charge in [-0.3, -0.25) is 9.59 Å². The van der Waals surface area contributed by atoms with Crippen molar-refractivity contribution in [2.45, 2.75) is 13.8 Å². The molecule has 0 fully saturated rings. The number of benzene rings is 2. The number of hydrogen-bond donors (Lipinski definition) is 2. The average Bonchev–Trinajstić information content (AvgIpc) is 2.46. The summed E-state index contributed by atoms with van der Waals surface area (Å²) in [6.07, 6.45) is 1.70. The fourth-order valence-electron chi connectivity index (χ4n) is 2.14. The van der Waals surface area contributed by atoms with E-state index < -0.39 is 0 Å². The van der Waals surface area contributed by atoms with Crippen molar-refractivity contribution < 1.29 is 9.59 Å². The molecule has 0 aliphatic rings. The number of fused-ring (bicyclic) bond motifs is 1. The van der Waals surface area contributed by atoms with Gasteiger partial charge in [0.1, 0.15) is 5.70 Å². The Morgan fingerprint density at radius 3 is 2.52 bits per heavy atom. The molecule has 2 rings (SSSR count). The lowest BCUT2D eigenvalue weighted by Gasteiger charge is -2.09. The van der Waals surface area contributed by atoms with Gasteiger partial charge in [-0.2, -0.15) is 0 Å². The van der Waals surface area contributed by atoms with Crippen molar-refractivity contribution in [1.29, 1.82) is 0 Å². The summed E-state index contributed by atoms with van der Waals surface area (Å²) < 4.78 is 0. The van der Waals surface area contributed by atoms with E-state index in [1.54, 1.807) is 6.08 Å². The zero-order chi connectivity index (χ0) is 15.2. The first-order valence-electron chi connectivity index (χ1n) is 6.87. The van der Waals surface area contributed by atoms with Crippen molar-refractivity contribution in [2.75, 3.05) is 6.54 Å². The van der Waals surface area contributed by atoms with E-state index in [0.717, 1.165) is 16.3 Å². The van der Waals surface area contributed by atoms with Gasteiger partial charge >= 0.3 is 0 Å². The first kappa shape index (κ1) is 14.8. The highest BCUT2D eigenvalue weighted by molar-refractivity contribution is 6.03. The zero-order valence-corrected chi connectivity index (χ0v) is 12.1. The summed E-state index contributed by atoms with van der Waals surface area (Å²) in [5.74, 6) is -0.562. The molecule has 21 heavy (non-hydrogen) atoms. The van der Waals surface area contributed by atoms with Gasteiger partial charge < -0.3 is 10.6 Å². The van der Waals surface area contributed by atoms with Crippen LogP contribution >= 0.6 is 0 Å². The van der Waals surface area contributed by atoms with Gasteiger partial charge in [0.2, 0.25) is 5.91 Å². The Bertz CT molecular complexity index is 700. The van der Waals surface area contributed by atoms with Crippen LogP contribution in [0.3, 0.4) is 0 Å². The molecule has 2 amide bonds. The highest BCUT2D eigenvalue weighted by Gasteiger charge is 2.10. The summed E-state index contributed by atoms with van der Waals surface area (Å²) in [5, 5.41) is 7.41. The molecule has 0 heterocycles. The molecule has 0 bridgehead atoms. The molecule has 108 valence electrons. The van der Waals surface area contributed by atoms with E-state index in [0.29, 0.717) is 6.54 Å². The predicted molar refractivity (Wildman–Crippen MR) is 84.4 cm³/mol. The van der Waals surface area contributed by atoms with Crippen LogP contribution in [0.5, 0.6) is 0 Å². The smallest absolute Gasteiger partial charge is 0.267 e. The molecule has 0 saturated carbocycles. The molecule has 4 heteroatoms. The highest BCUT2D eigenvalue weighted by atomic mass is 16.2. The van der Waals surface area contributed by atoms with Crippen molar-refractivity contribution >= 4 is 28.7 Å². The molecule has 0 radical (unpaired) electrons. The minimum absolute atomic E-state index is 0.251. The van der Waals surface area contributed by atoms with E-state index in [9.17, 15) is 9.59 Å². The fraction of sp³-hybridized carbons (Fsp3) is 0.176. The number of amides is 2. The summed E-state index contributed by atoms with van der Waals surface area (Å²) >= 11 is 0. The lowest BCUT2D eigenvalue weighted by molar-refractivity contribution is -0.122. The van der Waals surface area contributed by atoms with E-state index in [-0.39, 0.29) is 17.5 Å². The summed E-state index contributed by atoms with van der Waals surface area (Å²) in [4.78, 5) is 23.3. The van der Waals surface area contributed by atoms with Crippen molar-refractivity contribution in [2.24, 2.45) is 0 Å². The molecule has 0 aliphatic heterocycles. The lowest BCUT2D eigenvalue weighted by Crippen LogP contribution is -2.33. The van der Waals surface area contributed by atoms with Crippen LogP contribution in [0, 0.1) is 0 Å². The summed E-state index contributed by atoms with van der Waals surface area (Å²) in [6, 6.07) is 13.8. The first-order valence-corrected chi connectivity index (χ1v) is 6.87. The number of nitrogens with one attached hydrogen (secondary N) is 2. The van der Waals surface area contributed by atoms with E-state index >= 15 is 0 Å². The van der Waals surface area contributed by atoms with Crippen LogP contribution in [0.2, 0.25) is 0 Å². The zero-order valence-electron chi connectivity index (χ0n) is 12.1. The first-order chi connectivity index (χ1) is 10.1. The van der Waals surface area contributed by atoms with Crippen molar-refractivity contribution in [3.8, 4) is 0 Å². The standard InChI is InChI=1S/C17H18N2O2/c1-3-18-17(21)16(19-12(2)20)11-14-9-6-8-13-7-4-5-10-15(13)14/h4-11H,3H2,1-2H3,(H,18,21)(H,19,20)/b16-11-. The van der Waals surface area contributed by atoms with Gasteiger partial charge in [0.15, 0.2) is 0 Å². The molecule has 2 aromatic carbocycles. The second kappa shape index (κ2) is 6.70. The number of carbonyl (C=O) groups excluding carboxylic acids is 2. The molecule has 4 nitrogen and oxygen atoms in total. The van der Waals surface area contributed by atoms with Gasteiger partial charge in [-0.1, -0.05) is 42.5 Å². The van der Waals surface area contributed by atoms with Crippen molar-refractivity contribution in [3.63, 3.8) is 0 Å². The van der Waals surface area contributed by atoms with Gasteiger partial charge in [0.05, 0.1) is 0 Å². The minimum atomic E-state index is -0.291. The van der Waals surface area contributed by atoms with Crippen LogP contribution in [0.25, 0.3) is 16.8 Å². The van der Waals surface area contributed by atoms with Gasteiger partial charge in [0.25, 0.3) is 5.91 Å². The monoisotopic (exact) mass is 282 g/mol. The van der Waals surface area contributed by atoms with Crippen LogP contribution in [0.4, 0.5) is 0 Å². The number of hydrogen-bond acceptors (Lipinski definition) is 2. The Labute approximate surface area is 123 Å². The van der Waals surface area contributed by atoms with E-state index in [1.165, 1.54) is 6.92 Å². The van der Waals surface area contributed by atoms with E-state index in [2.05, 4.69) is 10.6 Å². The Balaban J connectivity index is 2.48. The molecule has 0 saturated heterocycles. The molecular formula is C17H18N2O2. The van der Waals surface area contributed by atoms with Crippen LogP contribution in [-0.4, -0.2) is 18.4 Å². The SMILES string of the molecule is CCNC(=O)/C(=C/c1cccc2ccccc12)NC(C)=O. The third kappa shape index (κ3) is 3.69. The Hall–Kier alpha value is -2.62. The number of likely N-dealkylation sites (N-methyl/N-ethyl adjacent to an activating group) is 1. The predicted octanol–water partition coefficient (Wildman–Crippen LogP) is 2.45. The Morgan fingerprint density at radius 2 is 1.81 bits per heavy atom. The molecule has 2 N–H and O–H groups in total. The third-order valence-electron chi connectivity index (χ3n) is 3.02. The van der Waals surface area contributed by atoms with E-state index in [1.807, 2.05) is 49.4 Å². The molecule has 0 aliphatic carbocycles. The van der Waals surface area contributed by atoms with Crippen molar-refractivity contribution in [1.82, 2.24) is 10.6 Å². The molecule has 0 aromatic heterocycles. The third-order valence-corrected chi connectivity index (χ3v) is 3.02. The summed E-state index contributed by atoms with van der Waals surface area (Å²) in [5.41, 5.74) is 1.14. The average molecular weight is 282 g/mol. The second-order valence-corrected chi connectivity index (χ2v) is 4.67. The maximum atomic E-state index is 12.0. The van der Waals surface area contributed by atoms with Crippen LogP contribution in [0.15, 0.2) is 48.2 Å². The van der Waals surface area contributed by atoms with Crippen LogP contribution in [-0.2, 0) is 9.59 Å². The highest BCUT2D eigenvalue weighted by Crippen LogP contribution is 2.20. The summed E-state index contributed by atoms with van der Waals surface area (Å²) in [6.45, 7) is 3.72. The molecule has 0 spiro atoms. The second-order valence-electron chi connectivity index (χ2n) is 4.67. The Morgan fingerprint density at radius 1 is 1.10 bits per heavy atom. The fourth-order valence-corrected chi connectivity index (χ4v) is 2.14. The molecular weight excluding hydrogens is 264 g/mol. The quantitative estimate of drug-likeness (QED) is 0.846. The van der Waals surface area contributed by atoms with E-state index in [4.69, 9.17) is 0 Å². The largest absolute Gasteiger partial charge is 0.351 e. The van der Waals surface area contributed by atoms with Gasteiger partial charge in [-0.25, -0.2) is 0 Å².